The Bertz CT molecular complexity index is 772. The van der Waals surface area contributed by atoms with E-state index in [1.807, 2.05) is 24.3 Å². The van der Waals surface area contributed by atoms with Gasteiger partial charge < -0.3 is 9.47 Å². The average Bonchev–Trinajstić information content (AvgIpc) is 2.67. The van der Waals surface area contributed by atoms with Crippen LogP contribution in [-0.4, -0.2) is 12.6 Å². The van der Waals surface area contributed by atoms with E-state index in [9.17, 15) is 4.79 Å². The Morgan fingerprint density at radius 2 is 1.88 bits per heavy atom. The van der Waals surface area contributed by atoms with E-state index in [0.29, 0.717) is 19.6 Å². The second-order valence-electron chi connectivity index (χ2n) is 5.75. The summed E-state index contributed by atoms with van der Waals surface area (Å²) in [5.41, 5.74) is 3.18. The highest BCUT2D eigenvalue weighted by molar-refractivity contribution is 9.08. The van der Waals surface area contributed by atoms with Gasteiger partial charge in [-0.1, -0.05) is 52.3 Å². The smallest absolute Gasteiger partial charge is 0.314 e. The lowest BCUT2D eigenvalue weighted by atomic mass is 9.96. The van der Waals surface area contributed by atoms with Gasteiger partial charge >= 0.3 is 5.97 Å². The predicted molar refractivity (Wildman–Crippen MR) is 107 cm³/mol. The lowest BCUT2D eigenvalue weighted by molar-refractivity contribution is -0.144. The minimum Gasteiger partial charge on any atom is -0.489 e. The van der Waals surface area contributed by atoms with Gasteiger partial charge in [-0.2, -0.15) is 0 Å². The van der Waals surface area contributed by atoms with Crippen LogP contribution in [-0.2, 0) is 21.5 Å². The van der Waals surface area contributed by atoms with Crippen LogP contribution in [0.3, 0.4) is 0 Å². The first-order chi connectivity index (χ1) is 12.7. The number of carbonyl (C=O) groups is 1. The van der Waals surface area contributed by atoms with Gasteiger partial charge in [0.05, 0.1) is 12.5 Å². The first-order valence-corrected chi connectivity index (χ1v) is 9.72. The largest absolute Gasteiger partial charge is 0.489 e. The van der Waals surface area contributed by atoms with Crippen LogP contribution in [0.4, 0.5) is 0 Å². The molecule has 0 amide bonds. The Morgan fingerprint density at radius 1 is 1.15 bits per heavy atom. The van der Waals surface area contributed by atoms with Crippen molar-refractivity contribution in [1.29, 1.82) is 0 Å². The van der Waals surface area contributed by atoms with Crippen LogP contribution in [0.15, 0.2) is 48.5 Å². The van der Waals surface area contributed by atoms with Crippen LogP contribution >= 0.6 is 15.9 Å². The molecule has 0 aromatic heterocycles. The molecule has 2 aromatic rings. The summed E-state index contributed by atoms with van der Waals surface area (Å²) in [6, 6.07) is 15.8. The molecular formula is C22H23BrO3. The minimum absolute atomic E-state index is 0.252. The summed E-state index contributed by atoms with van der Waals surface area (Å²) in [6.07, 6.45) is 0.437. The van der Waals surface area contributed by atoms with E-state index in [1.165, 1.54) is 5.56 Å². The van der Waals surface area contributed by atoms with E-state index < -0.39 is 5.92 Å². The van der Waals surface area contributed by atoms with Crippen molar-refractivity contribution in [2.24, 2.45) is 0 Å². The molecule has 2 rings (SSSR count). The second-order valence-corrected chi connectivity index (χ2v) is 6.31. The molecule has 1 atom stereocenters. The van der Waals surface area contributed by atoms with Crippen molar-refractivity contribution < 1.29 is 14.3 Å². The van der Waals surface area contributed by atoms with Gasteiger partial charge in [-0.3, -0.25) is 4.79 Å². The Balaban J connectivity index is 2.10. The molecule has 0 saturated heterocycles. The molecule has 0 saturated carbocycles. The van der Waals surface area contributed by atoms with Crippen molar-refractivity contribution in [3.63, 3.8) is 0 Å². The summed E-state index contributed by atoms with van der Waals surface area (Å²) in [6.45, 7) is 4.41. The SMILES string of the molecule is CC#CCC(C(=O)OCC)c1cccc(OCc2ccc(CBr)cc2)c1. The number of benzene rings is 2. The van der Waals surface area contributed by atoms with Crippen molar-refractivity contribution >= 4 is 21.9 Å². The molecule has 136 valence electrons. The van der Waals surface area contributed by atoms with E-state index in [1.54, 1.807) is 13.8 Å². The van der Waals surface area contributed by atoms with Gasteiger partial charge in [-0.15, -0.1) is 11.8 Å². The van der Waals surface area contributed by atoms with Crippen LogP contribution in [0.1, 0.15) is 42.9 Å². The second kappa shape index (κ2) is 10.7. The Hall–Kier alpha value is -2.25. The third-order valence-electron chi connectivity index (χ3n) is 3.90. The van der Waals surface area contributed by atoms with Gasteiger partial charge in [0, 0.05) is 11.8 Å². The average molecular weight is 415 g/mol. The van der Waals surface area contributed by atoms with E-state index in [-0.39, 0.29) is 5.97 Å². The maximum atomic E-state index is 12.3. The minimum atomic E-state index is -0.399. The molecule has 0 N–H and O–H groups in total. The van der Waals surface area contributed by atoms with E-state index >= 15 is 0 Å². The highest BCUT2D eigenvalue weighted by Crippen LogP contribution is 2.25. The van der Waals surface area contributed by atoms with Crippen molar-refractivity contribution in [3.8, 4) is 17.6 Å². The predicted octanol–water partition coefficient (Wildman–Crippen LogP) is 5.22. The third-order valence-corrected chi connectivity index (χ3v) is 4.54. The molecule has 3 nitrogen and oxygen atoms in total. The molecule has 0 fully saturated rings. The van der Waals surface area contributed by atoms with Gasteiger partial charge in [0.1, 0.15) is 12.4 Å². The molecule has 4 heteroatoms. The number of hydrogen-bond acceptors (Lipinski definition) is 3. The van der Waals surface area contributed by atoms with Crippen LogP contribution < -0.4 is 4.74 Å². The summed E-state index contributed by atoms with van der Waals surface area (Å²) < 4.78 is 11.1. The van der Waals surface area contributed by atoms with Crippen LogP contribution in [0.2, 0.25) is 0 Å². The lowest BCUT2D eigenvalue weighted by Gasteiger charge is -2.15. The molecular weight excluding hydrogens is 392 g/mol. The zero-order valence-electron chi connectivity index (χ0n) is 15.1. The molecule has 0 bridgehead atoms. The third kappa shape index (κ3) is 5.93. The first kappa shape index (κ1) is 20.1. The van der Waals surface area contributed by atoms with Crippen molar-refractivity contribution in [2.45, 2.75) is 38.1 Å². The number of halogens is 1. The van der Waals surface area contributed by atoms with Crippen LogP contribution in [0.25, 0.3) is 0 Å². The molecule has 0 radical (unpaired) electrons. The Labute approximate surface area is 163 Å². The number of rotatable bonds is 8. The van der Waals surface area contributed by atoms with Gasteiger partial charge in [-0.25, -0.2) is 0 Å². The summed E-state index contributed by atoms with van der Waals surface area (Å²) >= 11 is 3.44. The van der Waals surface area contributed by atoms with Crippen molar-refractivity contribution in [1.82, 2.24) is 0 Å². The van der Waals surface area contributed by atoms with Crippen LogP contribution in [0, 0.1) is 11.8 Å². The van der Waals surface area contributed by atoms with Gasteiger partial charge in [-0.05, 0) is 42.7 Å². The first-order valence-electron chi connectivity index (χ1n) is 8.60. The summed E-state index contributed by atoms with van der Waals surface area (Å²) in [5.74, 6) is 5.90. The van der Waals surface area contributed by atoms with E-state index in [0.717, 1.165) is 22.2 Å². The van der Waals surface area contributed by atoms with Crippen molar-refractivity contribution in [2.75, 3.05) is 6.61 Å². The number of carbonyl (C=O) groups excluding carboxylic acids is 1. The molecule has 2 aromatic carbocycles. The monoisotopic (exact) mass is 414 g/mol. The highest BCUT2D eigenvalue weighted by atomic mass is 79.9. The zero-order valence-corrected chi connectivity index (χ0v) is 16.7. The lowest BCUT2D eigenvalue weighted by Crippen LogP contribution is -2.15. The fraction of sp³-hybridized carbons (Fsp3) is 0.318. The Morgan fingerprint density at radius 3 is 2.54 bits per heavy atom. The fourth-order valence-electron chi connectivity index (χ4n) is 2.50. The van der Waals surface area contributed by atoms with E-state index in [2.05, 4.69) is 52.0 Å². The number of alkyl halides is 1. The summed E-state index contributed by atoms with van der Waals surface area (Å²) in [7, 11) is 0. The van der Waals surface area contributed by atoms with Gasteiger partial charge in [0.15, 0.2) is 0 Å². The van der Waals surface area contributed by atoms with E-state index in [4.69, 9.17) is 9.47 Å². The molecule has 0 aliphatic carbocycles. The number of esters is 1. The molecule has 0 heterocycles. The highest BCUT2D eigenvalue weighted by Gasteiger charge is 2.21. The van der Waals surface area contributed by atoms with Crippen molar-refractivity contribution in [3.05, 3.63) is 65.2 Å². The maximum absolute atomic E-state index is 12.3. The number of ether oxygens (including phenoxy) is 2. The van der Waals surface area contributed by atoms with Crippen LogP contribution in [0.5, 0.6) is 5.75 Å². The fourth-order valence-corrected chi connectivity index (χ4v) is 2.87. The molecule has 0 aliphatic heterocycles. The maximum Gasteiger partial charge on any atom is 0.314 e. The van der Waals surface area contributed by atoms with Gasteiger partial charge in [0.25, 0.3) is 0 Å². The molecule has 0 spiro atoms. The summed E-state index contributed by atoms with van der Waals surface area (Å²) in [5, 5.41) is 0.839. The standard InChI is InChI=1S/C22H23BrO3/c1-3-5-9-21(22(24)25-4-2)19-7-6-8-20(14-19)26-16-18-12-10-17(15-23)11-13-18/h6-8,10-14,21H,4,9,15-16H2,1-2H3. The summed E-state index contributed by atoms with van der Waals surface area (Å²) in [4.78, 5) is 12.3. The number of hydrogen-bond donors (Lipinski definition) is 0. The normalized spacial score (nSPS) is 11.2. The Kier molecular flexibility index (Phi) is 8.24. The van der Waals surface area contributed by atoms with Gasteiger partial charge in [0.2, 0.25) is 0 Å². The molecule has 0 aliphatic rings. The zero-order chi connectivity index (χ0) is 18.8. The molecule has 1 unspecified atom stereocenters. The quantitative estimate of drug-likeness (QED) is 0.337. The molecule has 26 heavy (non-hydrogen) atoms. The topological polar surface area (TPSA) is 35.5 Å².